The lowest BCUT2D eigenvalue weighted by atomic mass is 9.48. The van der Waals surface area contributed by atoms with Crippen LogP contribution in [0.25, 0.3) is 89.2 Å². The van der Waals surface area contributed by atoms with Crippen LogP contribution < -0.4 is 0 Å². The van der Waals surface area contributed by atoms with E-state index in [0.29, 0.717) is 23.0 Å². The normalized spacial score (nSPS) is 21.4. The van der Waals surface area contributed by atoms with Crippen molar-refractivity contribution in [1.29, 1.82) is 5.26 Å². The molecule has 4 bridgehead atoms. The van der Waals surface area contributed by atoms with Gasteiger partial charge in [0.25, 0.3) is 0 Å². The number of para-hydroxylation sites is 4. The van der Waals surface area contributed by atoms with Crippen LogP contribution in [0, 0.1) is 29.1 Å². The Morgan fingerprint density at radius 1 is 0.500 bits per heavy atom. The molecular formula is C50H36N4O2. The van der Waals surface area contributed by atoms with Crippen molar-refractivity contribution in [2.45, 2.75) is 43.9 Å². The van der Waals surface area contributed by atoms with Gasteiger partial charge in [-0.25, -0.2) is 15.0 Å². The van der Waals surface area contributed by atoms with Gasteiger partial charge in [-0.05, 0) is 121 Å². The predicted molar refractivity (Wildman–Crippen MR) is 221 cm³/mol. The van der Waals surface area contributed by atoms with Crippen LogP contribution in [0.4, 0.5) is 0 Å². The SMILES string of the molecule is N#Cc1ccc(-c2cc(C34CC5CC(CC(C5)C3)C4)ccc2-c2nc(-c3cccc4c3oc3ccccc34)nc(-c3cccc4c3oc3ccccc34)n2)cc1. The van der Waals surface area contributed by atoms with E-state index in [9.17, 15) is 5.26 Å². The number of fused-ring (bicyclic) bond motifs is 6. The average Bonchev–Trinajstić information content (AvgIpc) is 3.82. The van der Waals surface area contributed by atoms with Crippen molar-refractivity contribution in [3.63, 3.8) is 0 Å². The third-order valence-electron chi connectivity index (χ3n) is 13.2. The minimum absolute atomic E-state index is 0.206. The molecule has 4 saturated carbocycles. The van der Waals surface area contributed by atoms with Crippen molar-refractivity contribution in [2.75, 3.05) is 0 Å². The molecule has 268 valence electrons. The first-order valence-electron chi connectivity index (χ1n) is 19.8. The summed E-state index contributed by atoms with van der Waals surface area (Å²) in [5.41, 5.74) is 9.99. The Hall–Kier alpha value is -6.58. The van der Waals surface area contributed by atoms with Crippen LogP contribution in [0.2, 0.25) is 0 Å². The fraction of sp³-hybridized carbons (Fsp3) is 0.200. The summed E-state index contributed by atoms with van der Waals surface area (Å²) in [7, 11) is 0. The molecule has 6 aromatic carbocycles. The van der Waals surface area contributed by atoms with E-state index >= 15 is 0 Å². The van der Waals surface area contributed by atoms with Gasteiger partial charge in [-0.15, -0.1) is 0 Å². The second-order valence-electron chi connectivity index (χ2n) is 16.5. The first kappa shape index (κ1) is 31.7. The molecule has 6 heteroatoms. The van der Waals surface area contributed by atoms with Crippen LogP contribution in [0.3, 0.4) is 0 Å². The molecular weight excluding hydrogens is 689 g/mol. The Morgan fingerprint density at radius 2 is 1.00 bits per heavy atom. The van der Waals surface area contributed by atoms with Crippen molar-refractivity contribution in [1.82, 2.24) is 15.0 Å². The Balaban J connectivity index is 1.11. The first-order valence-corrected chi connectivity index (χ1v) is 19.8. The summed E-state index contributed by atoms with van der Waals surface area (Å²) < 4.78 is 13.1. The maximum atomic E-state index is 9.70. The van der Waals surface area contributed by atoms with E-state index in [1.807, 2.05) is 72.8 Å². The molecule has 6 nitrogen and oxygen atoms in total. The van der Waals surface area contributed by atoms with Gasteiger partial charge in [0, 0.05) is 27.1 Å². The van der Waals surface area contributed by atoms with Crippen LogP contribution >= 0.6 is 0 Å². The summed E-state index contributed by atoms with van der Waals surface area (Å²) in [5, 5.41) is 13.8. The Labute approximate surface area is 323 Å². The van der Waals surface area contributed by atoms with Gasteiger partial charge < -0.3 is 8.83 Å². The van der Waals surface area contributed by atoms with Gasteiger partial charge in [0.05, 0.1) is 22.8 Å². The summed E-state index contributed by atoms with van der Waals surface area (Å²) >= 11 is 0. The zero-order chi connectivity index (χ0) is 37.0. The molecule has 56 heavy (non-hydrogen) atoms. The van der Waals surface area contributed by atoms with Crippen molar-refractivity contribution in [2.24, 2.45) is 17.8 Å². The van der Waals surface area contributed by atoms with Crippen molar-refractivity contribution < 1.29 is 8.83 Å². The maximum absolute atomic E-state index is 9.70. The highest BCUT2D eigenvalue weighted by Gasteiger charge is 2.51. The highest BCUT2D eigenvalue weighted by atomic mass is 16.3. The number of aromatic nitrogens is 3. The molecule has 9 aromatic rings. The first-order chi connectivity index (χ1) is 27.6. The number of nitriles is 1. The van der Waals surface area contributed by atoms with Crippen molar-refractivity contribution in [3.8, 4) is 51.4 Å². The highest BCUT2D eigenvalue weighted by molar-refractivity contribution is 6.10. The number of nitrogens with zero attached hydrogens (tertiary/aromatic N) is 4. The quantitative estimate of drug-likeness (QED) is 0.176. The second kappa shape index (κ2) is 12.0. The molecule has 4 aliphatic rings. The molecule has 0 aliphatic heterocycles. The van der Waals surface area contributed by atoms with Crippen molar-refractivity contribution >= 4 is 43.9 Å². The van der Waals surface area contributed by atoms with Gasteiger partial charge in [-0.1, -0.05) is 84.9 Å². The molecule has 4 aliphatic carbocycles. The lowest BCUT2D eigenvalue weighted by Gasteiger charge is -2.57. The van der Waals surface area contributed by atoms with E-state index in [4.69, 9.17) is 23.8 Å². The second-order valence-corrected chi connectivity index (χ2v) is 16.5. The third-order valence-corrected chi connectivity index (χ3v) is 13.2. The fourth-order valence-electron chi connectivity index (χ4n) is 11.1. The van der Waals surface area contributed by atoms with Gasteiger partial charge >= 0.3 is 0 Å². The number of benzene rings is 6. The summed E-state index contributed by atoms with van der Waals surface area (Å²) in [5.74, 6) is 4.11. The lowest BCUT2D eigenvalue weighted by Crippen LogP contribution is -2.48. The number of hydrogen-bond donors (Lipinski definition) is 0. The minimum atomic E-state index is 0.206. The molecule has 0 unspecified atom stereocenters. The number of rotatable bonds is 5. The number of hydrogen-bond acceptors (Lipinski definition) is 6. The molecule has 0 N–H and O–H groups in total. The Bertz CT molecular complexity index is 2920. The van der Waals surface area contributed by atoms with Crippen LogP contribution in [-0.2, 0) is 5.41 Å². The molecule has 0 amide bonds. The molecule has 0 radical (unpaired) electrons. The topological polar surface area (TPSA) is 88.7 Å². The fourth-order valence-corrected chi connectivity index (χ4v) is 11.1. The molecule has 13 rings (SSSR count). The third kappa shape index (κ3) is 4.83. The minimum Gasteiger partial charge on any atom is -0.455 e. The van der Waals surface area contributed by atoms with Gasteiger partial charge in [0.1, 0.15) is 22.3 Å². The summed E-state index contributed by atoms with van der Waals surface area (Å²) in [6, 6.07) is 45.9. The van der Waals surface area contributed by atoms with E-state index in [1.54, 1.807) is 0 Å². The molecule has 0 spiro atoms. The zero-order valence-corrected chi connectivity index (χ0v) is 30.7. The highest BCUT2D eigenvalue weighted by Crippen LogP contribution is 2.61. The van der Waals surface area contributed by atoms with Gasteiger partial charge in [-0.2, -0.15) is 5.26 Å². The molecule has 0 saturated heterocycles. The van der Waals surface area contributed by atoms with Crippen LogP contribution in [-0.4, -0.2) is 15.0 Å². The Kier molecular flexibility index (Phi) is 6.78. The average molecular weight is 725 g/mol. The zero-order valence-electron chi connectivity index (χ0n) is 30.7. The van der Waals surface area contributed by atoms with Crippen LogP contribution in [0.15, 0.2) is 136 Å². The van der Waals surface area contributed by atoms with Gasteiger partial charge in [0.2, 0.25) is 0 Å². The lowest BCUT2D eigenvalue weighted by molar-refractivity contribution is -0.00516. The monoisotopic (exact) mass is 724 g/mol. The van der Waals surface area contributed by atoms with E-state index in [-0.39, 0.29) is 5.41 Å². The maximum Gasteiger partial charge on any atom is 0.167 e. The number of furan rings is 2. The van der Waals surface area contributed by atoms with Crippen LogP contribution in [0.5, 0.6) is 0 Å². The van der Waals surface area contributed by atoms with E-state index in [0.717, 1.165) is 89.4 Å². The molecule has 3 aromatic heterocycles. The van der Waals surface area contributed by atoms with Crippen molar-refractivity contribution in [3.05, 3.63) is 139 Å². The van der Waals surface area contributed by atoms with Gasteiger partial charge in [-0.3, -0.25) is 0 Å². The van der Waals surface area contributed by atoms with E-state index in [2.05, 4.69) is 60.7 Å². The Morgan fingerprint density at radius 3 is 1.54 bits per heavy atom. The summed E-state index contributed by atoms with van der Waals surface area (Å²) in [4.78, 5) is 15.9. The van der Waals surface area contributed by atoms with Crippen LogP contribution in [0.1, 0.15) is 49.7 Å². The molecule has 4 fully saturated rings. The summed E-state index contributed by atoms with van der Waals surface area (Å²) in [6.45, 7) is 0. The summed E-state index contributed by atoms with van der Waals surface area (Å²) in [6.07, 6.45) is 8.00. The molecule has 3 heterocycles. The predicted octanol–water partition coefficient (Wildman–Crippen LogP) is 12.7. The standard InChI is InChI=1S/C50H36N4O2/c51-28-29-15-17-33(18-16-29)42-24-34(50-25-30-21-31(26-50)23-32(22-30)27-50)19-20-39(42)47-52-48(40-11-5-9-37-35-7-1-3-13-43(35)55-45(37)40)54-49(53-47)41-12-6-10-38-36-8-2-4-14-44(36)56-46(38)41/h1-20,24,30-32H,21-23,25-27H2. The largest absolute Gasteiger partial charge is 0.455 e. The van der Waals surface area contributed by atoms with E-state index in [1.165, 1.54) is 44.1 Å². The smallest absolute Gasteiger partial charge is 0.167 e. The molecule has 0 atom stereocenters. The van der Waals surface area contributed by atoms with E-state index < -0.39 is 0 Å². The van der Waals surface area contributed by atoms with Gasteiger partial charge in [0.15, 0.2) is 17.5 Å².